The molecule has 0 aromatic rings. The Kier molecular flexibility index (Phi) is 2.87. The average Bonchev–Trinajstić information content (AvgIpc) is 2.32. The lowest BCUT2D eigenvalue weighted by Crippen LogP contribution is -2.55. The summed E-state index contributed by atoms with van der Waals surface area (Å²) >= 11 is 4.91. The van der Waals surface area contributed by atoms with Gasteiger partial charge >= 0.3 is 0 Å². The summed E-state index contributed by atoms with van der Waals surface area (Å²) in [5.41, 5.74) is 2.32. The van der Waals surface area contributed by atoms with E-state index in [1.165, 1.54) is 0 Å². The molecular weight excluding hydrogens is 174 g/mol. The molecular formula is C7H15N3OS. The number of ether oxygens (including phenoxy) is 1. The molecule has 0 saturated carbocycles. The first-order chi connectivity index (χ1) is 5.58. The van der Waals surface area contributed by atoms with Crippen LogP contribution in [0.4, 0.5) is 0 Å². The molecule has 1 fully saturated rings. The van der Waals surface area contributed by atoms with E-state index in [2.05, 4.69) is 17.7 Å². The Balaban J connectivity index is 2.53. The van der Waals surface area contributed by atoms with Gasteiger partial charge in [-0.05, 0) is 32.5 Å². The van der Waals surface area contributed by atoms with Crippen LogP contribution in [0.1, 0.15) is 20.3 Å². The van der Waals surface area contributed by atoms with E-state index >= 15 is 0 Å². The maximum absolute atomic E-state index is 5.42. The molecule has 0 amide bonds. The molecule has 1 aliphatic heterocycles. The van der Waals surface area contributed by atoms with E-state index in [4.69, 9.17) is 22.8 Å². The van der Waals surface area contributed by atoms with E-state index in [1.54, 1.807) is 0 Å². The number of thiocarbonyl (C=S) groups is 1. The van der Waals surface area contributed by atoms with E-state index in [9.17, 15) is 0 Å². The Hall–Kier alpha value is -0.390. The molecule has 5 heteroatoms. The zero-order valence-electron chi connectivity index (χ0n) is 7.39. The molecule has 0 radical (unpaired) electrons. The molecule has 1 heterocycles. The standard InChI is InChI=1S/C7H15N3OS/c1-5-7(2,3-4-11-5)9-6(12)10-8/h5H,3-4,8H2,1-2H3,(H2,9,10,12). The monoisotopic (exact) mass is 189 g/mol. The predicted octanol–water partition coefficient (Wildman–Crippen LogP) is -0.108. The molecule has 4 N–H and O–H groups in total. The van der Waals surface area contributed by atoms with Crippen molar-refractivity contribution in [1.29, 1.82) is 0 Å². The molecule has 1 aliphatic rings. The van der Waals surface area contributed by atoms with E-state index in [1.807, 2.05) is 6.92 Å². The Morgan fingerprint density at radius 1 is 1.75 bits per heavy atom. The maximum atomic E-state index is 5.42. The summed E-state index contributed by atoms with van der Waals surface area (Å²) in [6.07, 6.45) is 1.12. The molecule has 12 heavy (non-hydrogen) atoms. The molecule has 0 aliphatic carbocycles. The summed E-state index contributed by atoms with van der Waals surface area (Å²) in [7, 11) is 0. The fourth-order valence-electron chi connectivity index (χ4n) is 1.29. The highest BCUT2D eigenvalue weighted by atomic mass is 32.1. The van der Waals surface area contributed by atoms with Gasteiger partial charge in [-0.15, -0.1) is 0 Å². The topological polar surface area (TPSA) is 59.3 Å². The van der Waals surface area contributed by atoms with Gasteiger partial charge in [0.15, 0.2) is 5.11 Å². The van der Waals surface area contributed by atoms with Crippen LogP contribution in [0.15, 0.2) is 0 Å². The predicted molar refractivity (Wildman–Crippen MR) is 51.5 cm³/mol. The van der Waals surface area contributed by atoms with Crippen molar-refractivity contribution in [2.75, 3.05) is 6.61 Å². The van der Waals surface area contributed by atoms with Crippen molar-refractivity contribution in [3.63, 3.8) is 0 Å². The molecule has 0 bridgehead atoms. The summed E-state index contributed by atoms with van der Waals surface area (Å²) in [5, 5.41) is 3.59. The summed E-state index contributed by atoms with van der Waals surface area (Å²) in [4.78, 5) is 0. The van der Waals surface area contributed by atoms with E-state index in [0.29, 0.717) is 5.11 Å². The average molecular weight is 189 g/mol. The van der Waals surface area contributed by atoms with Gasteiger partial charge in [0.1, 0.15) is 0 Å². The van der Waals surface area contributed by atoms with Gasteiger partial charge in [0.05, 0.1) is 11.6 Å². The van der Waals surface area contributed by atoms with Crippen LogP contribution in [0.3, 0.4) is 0 Å². The van der Waals surface area contributed by atoms with Crippen LogP contribution in [0.2, 0.25) is 0 Å². The first-order valence-corrected chi connectivity index (χ1v) is 4.40. The van der Waals surface area contributed by atoms with Gasteiger partial charge in [-0.25, -0.2) is 5.84 Å². The van der Waals surface area contributed by atoms with Gasteiger partial charge in [-0.3, -0.25) is 0 Å². The summed E-state index contributed by atoms with van der Waals surface area (Å²) < 4.78 is 5.42. The maximum Gasteiger partial charge on any atom is 0.181 e. The fraction of sp³-hybridized carbons (Fsp3) is 0.857. The molecule has 2 atom stereocenters. The Labute approximate surface area is 77.8 Å². The van der Waals surface area contributed by atoms with Crippen molar-refractivity contribution in [2.24, 2.45) is 5.84 Å². The second-order valence-corrected chi connectivity index (χ2v) is 3.69. The van der Waals surface area contributed by atoms with Gasteiger partial charge in [0.2, 0.25) is 0 Å². The Bertz CT molecular complexity index is 187. The number of hydrogen-bond donors (Lipinski definition) is 3. The van der Waals surface area contributed by atoms with Crippen LogP contribution >= 0.6 is 12.2 Å². The third-order valence-electron chi connectivity index (χ3n) is 2.42. The van der Waals surface area contributed by atoms with Gasteiger partial charge in [0, 0.05) is 6.61 Å². The second-order valence-electron chi connectivity index (χ2n) is 3.28. The lowest BCUT2D eigenvalue weighted by molar-refractivity contribution is 0.0947. The largest absolute Gasteiger partial charge is 0.376 e. The van der Waals surface area contributed by atoms with Crippen LogP contribution in [0.5, 0.6) is 0 Å². The number of nitrogens with one attached hydrogen (secondary N) is 2. The van der Waals surface area contributed by atoms with Gasteiger partial charge in [0.25, 0.3) is 0 Å². The molecule has 0 aromatic heterocycles. The minimum absolute atomic E-state index is 0.0799. The number of hydrazine groups is 1. The molecule has 2 unspecified atom stereocenters. The van der Waals surface area contributed by atoms with Crippen LogP contribution in [-0.2, 0) is 4.74 Å². The van der Waals surface area contributed by atoms with Crippen molar-refractivity contribution >= 4 is 17.3 Å². The number of rotatable bonds is 1. The van der Waals surface area contributed by atoms with Crippen molar-refractivity contribution in [3.05, 3.63) is 0 Å². The van der Waals surface area contributed by atoms with Crippen LogP contribution < -0.4 is 16.6 Å². The first-order valence-electron chi connectivity index (χ1n) is 3.99. The smallest absolute Gasteiger partial charge is 0.181 e. The third kappa shape index (κ3) is 1.85. The summed E-state index contributed by atoms with van der Waals surface area (Å²) in [6.45, 7) is 4.88. The first kappa shape index (κ1) is 9.70. The Morgan fingerprint density at radius 3 is 2.83 bits per heavy atom. The van der Waals surface area contributed by atoms with Crippen LogP contribution in [-0.4, -0.2) is 23.4 Å². The molecule has 1 saturated heterocycles. The highest BCUT2D eigenvalue weighted by Gasteiger charge is 2.37. The van der Waals surface area contributed by atoms with Crippen molar-refractivity contribution in [2.45, 2.75) is 31.9 Å². The molecule has 0 spiro atoms. The van der Waals surface area contributed by atoms with Crippen LogP contribution in [0, 0.1) is 0 Å². The van der Waals surface area contributed by atoms with Crippen LogP contribution in [0.25, 0.3) is 0 Å². The quantitative estimate of drug-likeness (QED) is 0.305. The summed E-state index contributed by atoms with van der Waals surface area (Å²) in [6, 6.07) is 0. The number of hydrogen-bond acceptors (Lipinski definition) is 3. The van der Waals surface area contributed by atoms with Crippen molar-refractivity contribution in [1.82, 2.24) is 10.7 Å². The fourth-order valence-corrected chi connectivity index (χ4v) is 1.53. The van der Waals surface area contributed by atoms with Crippen molar-refractivity contribution in [3.8, 4) is 0 Å². The van der Waals surface area contributed by atoms with E-state index in [-0.39, 0.29) is 11.6 Å². The normalized spacial score (nSPS) is 34.8. The summed E-state index contributed by atoms with van der Waals surface area (Å²) in [5.74, 6) is 5.16. The lowest BCUT2D eigenvalue weighted by atomic mass is 9.95. The minimum atomic E-state index is -0.0799. The second kappa shape index (κ2) is 3.55. The Morgan fingerprint density at radius 2 is 2.42 bits per heavy atom. The third-order valence-corrected chi connectivity index (χ3v) is 2.64. The highest BCUT2D eigenvalue weighted by molar-refractivity contribution is 7.80. The molecule has 4 nitrogen and oxygen atoms in total. The minimum Gasteiger partial charge on any atom is -0.376 e. The zero-order chi connectivity index (χ0) is 9.19. The van der Waals surface area contributed by atoms with Gasteiger partial charge in [-0.1, -0.05) is 0 Å². The van der Waals surface area contributed by atoms with Gasteiger partial charge in [-0.2, -0.15) is 0 Å². The van der Waals surface area contributed by atoms with E-state index < -0.39 is 0 Å². The molecule has 70 valence electrons. The van der Waals surface area contributed by atoms with Crippen molar-refractivity contribution < 1.29 is 4.74 Å². The number of nitrogens with two attached hydrogens (primary N) is 1. The lowest BCUT2D eigenvalue weighted by Gasteiger charge is -2.29. The highest BCUT2D eigenvalue weighted by Crippen LogP contribution is 2.24. The zero-order valence-corrected chi connectivity index (χ0v) is 8.20. The van der Waals surface area contributed by atoms with E-state index in [0.717, 1.165) is 13.0 Å². The SMILES string of the molecule is CC1OCCC1(C)NC(=S)NN. The van der Waals surface area contributed by atoms with Gasteiger partial charge < -0.3 is 15.5 Å². The molecule has 1 rings (SSSR count). The molecule has 0 aromatic carbocycles.